The molecule has 2 nitrogen and oxygen atoms in total. The van der Waals surface area contributed by atoms with Crippen molar-refractivity contribution < 1.29 is 13.2 Å². The van der Waals surface area contributed by atoms with Crippen LogP contribution < -0.4 is 5.43 Å². The molecule has 0 atom stereocenters. The second-order valence-corrected chi connectivity index (χ2v) is 7.34. The fourth-order valence-electron chi connectivity index (χ4n) is 2.98. The summed E-state index contributed by atoms with van der Waals surface area (Å²) in [5.74, 6) is 0. The van der Waals surface area contributed by atoms with Gasteiger partial charge in [0.05, 0.1) is 5.56 Å². The molecule has 0 spiro atoms. The third kappa shape index (κ3) is 3.68. The highest BCUT2D eigenvalue weighted by molar-refractivity contribution is 7.99. The summed E-state index contributed by atoms with van der Waals surface area (Å²) in [5, 5.41) is 0.610. The van der Waals surface area contributed by atoms with Crippen LogP contribution in [-0.2, 0) is 6.18 Å². The number of H-pyrrole nitrogens is 1. The van der Waals surface area contributed by atoms with Gasteiger partial charge in [-0.3, -0.25) is 4.79 Å². The molecule has 1 heterocycles. The molecule has 140 valence electrons. The molecule has 0 aliphatic carbocycles. The quantitative estimate of drug-likeness (QED) is 0.436. The lowest BCUT2D eigenvalue weighted by Crippen LogP contribution is -2.03. The Morgan fingerprint density at radius 3 is 2.36 bits per heavy atom. The predicted octanol–water partition coefficient (Wildman–Crippen LogP) is 6.37. The summed E-state index contributed by atoms with van der Waals surface area (Å²) >= 11 is 1.40. The molecule has 0 amide bonds. The van der Waals surface area contributed by atoms with Gasteiger partial charge in [0.1, 0.15) is 0 Å². The molecule has 28 heavy (non-hydrogen) atoms. The van der Waals surface area contributed by atoms with E-state index in [0.717, 1.165) is 38.6 Å². The Bertz CT molecular complexity index is 1200. The molecule has 1 aromatic heterocycles. The van der Waals surface area contributed by atoms with Crippen molar-refractivity contribution in [2.75, 3.05) is 0 Å². The lowest BCUT2D eigenvalue weighted by Gasteiger charge is -2.11. The van der Waals surface area contributed by atoms with Crippen molar-refractivity contribution in [3.8, 4) is 11.1 Å². The second-order valence-electron chi connectivity index (χ2n) is 6.22. The molecule has 3 aromatic carbocycles. The number of hydrogen-bond acceptors (Lipinski definition) is 2. The van der Waals surface area contributed by atoms with Crippen molar-refractivity contribution in [3.63, 3.8) is 0 Å². The van der Waals surface area contributed by atoms with E-state index < -0.39 is 11.7 Å². The zero-order valence-corrected chi connectivity index (χ0v) is 15.3. The number of hydrogen-bond donors (Lipinski definition) is 1. The highest BCUT2D eigenvalue weighted by Crippen LogP contribution is 2.38. The molecule has 1 N–H and O–H groups in total. The molecule has 4 rings (SSSR count). The van der Waals surface area contributed by atoms with E-state index in [1.54, 1.807) is 12.3 Å². The number of halogens is 3. The number of aromatic amines is 1. The number of fused-ring (bicyclic) bond motifs is 1. The van der Waals surface area contributed by atoms with Crippen LogP contribution in [0.25, 0.3) is 22.0 Å². The summed E-state index contributed by atoms with van der Waals surface area (Å²) in [6, 6.07) is 19.8. The molecular formula is C22H14F3NOS. The Labute approximate surface area is 163 Å². The fraction of sp³-hybridized carbons (Fsp3) is 0.0455. The number of alkyl halides is 3. The summed E-state index contributed by atoms with van der Waals surface area (Å²) in [4.78, 5) is 16.6. The van der Waals surface area contributed by atoms with Crippen LogP contribution in [0.1, 0.15) is 5.56 Å². The van der Waals surface area contributed by atoms with Crippen molar-refractivity contribution >= 4 is 22.7 Å². The standard InChI is InChI=1S/C22H14F3NOS/c23-22(24,25)15-6-8-16(9-7-15)28-21-4-2-1-3-17(21)14-5-10-18-19(13-14)26-12-11-20(18)27/h1-13H,(H,26,27). The first kappa shape index (κ1) is 18.4. The van der Waals surface area contributed by atoms with Crippen LogP contribution in [-0.4, -0.2) is 4.98 Å². The minimum absolute atomic E-state index is 0.0484. The minimum atomic E-state index is -4.34. The van der Waals surface area contributed by atoms with Gasteiger partial charge in [-0.15, -0.1) is 0 Å². The Morgan fingerprint density at radius 1 is 0.857 bits per heavy atom. The van der Waals surface area contributed by atoms with Crippen LogP contribution in [0.4, 0.5) is 13.2 Å². The SMILES string of the molecule is O=c1cc[nH]c2cc(-c3ccccc3Sc3ccc(C(F)(F)F)cc3)ccc12. The average molecular weight is 397 g/mol. The molecule has 0 aliphatic heterocycles. The third-order valence-electron chi connectivity index (χ3n) is 4.37. The molecule has 6 heteroatoms. The molecular weight excluding hydrogens is 383 g/mol. The number of nitrogens with one attached hydrogen (secondary N) is 1. The van der Waals surface area contributed by atoms with Crippen LogP contribution in [0.5, 0.6) is 0 Å². The van der Waals surface area contributed by atoms with E-state index in [1.165, 1.54) is 30.0 Å². The number of rotatable bonds is 3. The smallest absolute Gasteiger partial charge is 0.361 e. The lowest BCUT2D eigenvalue weighted by atomic mass is 10.0. The summed E-state index contributed by atoms with van der Waals surface area (Å²) < 4.78 is 38.3. The molecule has 0 fully saturated rings. The number of benzene rings is 3. The summed E-state index contributed by atoms with van der Waals surface area (Å²) in [5.41, 5.74) is 1.89. The second kappa shape index (κ2) is 7.20. The first-order valence-electron chi connectivity index (χ1n) is 8.48. The van der Waals surface area contributed by atoms with Crippen LogP contribution in [0.15, 0.2) is 93.6 Å². The molecule has 0 radical (unpaired) electrons. The predicted molar refractivity (Wildman–Crippen MR) is 106 cm³/mol. The highest BCUT2D eigenvalue weighted by atomic mass is 32.2. The van der Waals surface area contributed by atoms with Gasteiger partial charge in [0.15, 0.2) is 5.43 Å². The van der Waals surface area contributed by atoms with Crippen molar-refractivity contribution in [2.45, 2.75) is 16.0 Å². The molecule has 4 aromatic rings. The van der Waals surface area contributed by atoms with E-state index in [-0.39, 0.29) is 5.43 Å². The van der Waals surface area contributed by atoms with Crippen LogP contribution in [0, 0.1) is 0 Å². The third-order valence-corrected chi connectivity index (χ3v) is 5.45. The summed E-state index contributed by atoms with van der Waals surface area (Å²) in [7, 11) is 0. The maximum absolute atomic E-state index is 12.8. The van der Waals surface area contributed by atoms with E-state index in [0.29, 0.717) is 5.39 Å². The Balaban J connectivity index is 1.70. The number of aromatic nitrogens is 1. The number of pyridine rings is 1. The highest BCUT2D eigenvalue weighted by Gasteiger charge is 2.29. The Hall–Kier alpha value is -2.99. The van der Waals surface area contributed by atoms with Gasteiger partial charge in [0, 0.05) is 33.0 Å². The van der Waals surface area contributed by atoms with Gasteiger partial charge < -0.3 is 4.98 Å². The van der Waals surface area contributed by atoms with E-state index in [4.69, 9.17) is 0 Å². The lowest BCUT2D eigenvalue weighted by molar-refractivity contribution is -0.137. The first-order valence-corrected chi connectivity index (χ1v) is 9.29. The molecule has 0 aliphatic rings. The molecule has 0 saturated heterocycles. The molecule has 0 saturated carbocycles. The normalized spacial score (nSPS) is 11.7. The summed E-state index contributed by atoms with van der Waals surface area (Å²) in [6.07, 6.45) is -2.74. The monoisotopic (exact) mass is 397 g/mol. The Morgan fingerprint density at radius 2 is 1.61 bits per heavy atom. The topological polar surface area (TPSA) is 32.9 Å². The van der Waals surface area contributed by atoms with Gasteiger partial charge in [-0.2, -0.15) is 13.2 Å². The molecule has 0 unspecified atom stereocenters. The summed E-state index contributed by atoms with van der Waals surface area (Å²) in [6.45, 7) is 0. The first-order chi connectivity index (χ1) is 13.4. The van der Waals surface area contributed by atoms with Gasteiger partial charge in [-0.25, -0.2) is 0 Å². The zero-order valence-electron chi connectivity index (χ0n) is 14.5. The fourth-order valence-corrected chi connectivity index (χ4v) is 3.94. The maximum atomic E-state index is 12.8. The average Bonchev–Trinajstić information content (AvgIpc) is 2.68. The van der Waals surface area contributed by atoms with Gasteiger partial charge >= 0.3 is 6.18 Å². The van der Waals surface area contributed by atoms with Gasteiger partial charge in [0.25, 0.3) is 0 Å². The Kier molecular flexibility index (Phi) is 4.73. The van der Waals surface area contributed by atoms with E-state index in [2.05, 4.69) is 4.98 Å². The van der Waals surface area contributed by atoms with Crippen LogP contribution >= 0.6 is 11.8 Å². The van der Waals surface area contributed by atoms with Crippen molar-refractivity contribution in [1.29, 1.82) is 0 Å². The van der Waals surface area contributed by atoms with E-state index >= 15 is 0 Å². The van der Waals surface area contributed by atoms with Crippen LogP contribution in [0.3, 0.4) is 0 Å². The van der Waals surface area contributed by atoms with Crippen molar-refractivity contribution in [1.82, 2.24) is 4.98 Å². The van der Waals surface area contributed by atoms with E-state index in [9.17, 15) is 18.0 Å². The van der Waals surface area contributed by atoms with E-state index in [1.807, 2.05) is 36.4 Å². The largest absolute Gasteiger partial charge is 0.416 e. The van der Waals surface area contributed by atoms with Gasteiger partial charge in [-0.05, 0) is 53.6 Å². The van der Waals surface area contributed by atoms with Gasteiger partial charge in [-0.1, -0.05) is 36.0 Å². The van der Waals surface area contributed by atoms with Crippen molar-refractivity contribution in [3.05, 3.63) is 94.8 Å². The van der Waals surface area contributed by atoms with Crippen LogP contribution in [0.2, 0.25) is 0 Å². The maximum Gasteiger partial charge on any atom is 0.416 e. The molecule has 0 bridgehead atoms. The van der Waals surface area contributed by atoms with Crippen molar-refractivity contribution in [2.24, 2.45) is 0 Å². The minimum Gasteiger partial charge on any atom is -0.361 e. The zero-order chi connectivity index (χ0) is 19.7. The van der Waals surface area contributed by atoms with Gasteiger partial charge in [0.2, 0.25) is 0 Å².